The molecule has 1 aliphatic heterocycles. The Morgan fingerprint density at radius 3 is 3.04 bits per heavy atom. The summed E-state index contributed by atoms with van der Waals surface area (Å²) in [5.74, 6) is 1.49. The molecule has 1 aliphatic rings. The van der Waals surface area contributed by atoms with Crippen molar-refractivity contribution in [2.75, 3.05) is 25.6 Å². The maximum Gasteiger partial charge on any atom is 0.229 e. The van der Waals surface area contributed by atoms with Crippen LogP contribution in [0.25, 0.3) is 0 Å². The Bertz CT molecular complexity index is 804. The summed E-state index contributed by atoms with van der Waals surface area (Å²) in [6, 6.07) is 7.54. The van der Waals surface area contributed by atoms with Crippen molar-refractivity contribution in [3.05, 3.63) is 40.3 Å². The number of amides is 1. The average Bonchev–Trinajstić information content (AvgIpc) is 3.23. The summed E-state index contributed by atoms with van der Waals surface area (Å²) in [7, 11) is 3.34. The van der Waals surface area contributed by atoms with E-state index >= 15 is 0 Å². The molecule has 2 heterocycles. The Hall–Kier alpha value is -2.61. The van der Waals surface area contributed by atoms with Gasteiger partial charge in [-0.2, -0.15) is 0 Å². The summed E-state index contributed by atoms with van der Waals surface area (Å²) in [4.78, 5) is 22.9. The molecule has 0 spiro atoms. The number of aryl methyl sites for hydroxylation is 1. The molecule has 8 heteroatoms. The molecule has 0 saturated carbocycles. The number of rotatable bonds is 5. The molecule has 0 bridgehead atoms. The van der Waals surface area contributed by atoms with Crippen LogP contribution in [0.2, 0.25) is 0 Å². The average molecular weight is 373 g/mol. The third-order valence-electron chi connectivity index (χ3n) is 4.13. The minimum absolute atomic E-state index is 0.00191. The van der Waals surface area contributed by atoms with Gasteiger partial charge in [0.05, 0.1) is 19.7 Å². The zero-order valence-corrected chi connectivity index (χ0v) is 16.0. The first-order valence-corrected chi connectivity index (χ1v) is 9.29. The monoisotopic (exact) mass is 373 g/mol. The smallest absolute Gasteiger partial charge is 0.229 e. The van der Waals surface area contributed by atoms with Crippen LogP contribution in [0.3, 0.4) is 0 Å². The van der Waals surface area contributed by atoms with Gasteiger partial charge in [0, 0.05) is 42.8 Å². The lowest BCUT2D eigenvalue weighted by Crippen LogP contribution is -2.44. The number of nitrogens with one attached hydrogen (secondary N) is 2. The molecule has 2 aromatic rings. The topological polar surface area (TPSA) is 78.8 Å². The number of hydrogen-bond acceptors (Lipinski definition) is 5. The largest absolute Gasteiger partial charge is 0.497 e. The minimum atomic E-state index is -0.00191. The summed E-state index contributed by atoms with van der Waals surface area (Å²) in [5.41, 5.74) is 1.87. The van der Waals surface area contributed by atoms with Gasteiger partial charge in [0.15, 0.2) is 5.96 Å². The van der Waals surface area contributed by atoms with Crippen molar-refractivity contribution in [3.8, 4) is 5.75 Å². The third kappa shape index (κ3) is 4.32. The molecule has 0 radical (unpaired) electrons. The standard InChI is InChI=1S/C18H23N5O2S/c1-12-11-26-16(21-12)9-20-18(19-2)22-13-7-17(24)23(10-13)14-5-4-6-15(8-14)25-3/h4-6,8,11,13H,7,9-10H2,1-3H3,(H2,19,20,22). The fourth-order valence-corrected chi connectivity index (χ4v) is 3.57. The zero-order chi connectivity index (χ0) is 18.5. The lowest BCUT2D eigenvalue weighted by Gasteiger charge is -2.19. The van der Waals surface area contributed by atoms with Gasteiger partial charge in [-0.25, -0.2) is 4.98 Å². The van der Waals surface area contributed by atoms with Crippen molar-refractivity contribution in [1.82, 2.24) is 15.6 Å². The number of benzene rings is 1. The lowest BCUT2D eigenvalue weighted by molar-refractivity contribution is -0.117. The number of anilines is 1. The number of aliphatic imine (C=N–C) groups is 1. The van der Waals surface area contributed by atoms with Crippen LogP contribution in [0.15, 0.2) is 34.6 Å². The molecule has 1 aromatic heterocycles. The summed E-state index contributed by atoms with van der Waals surface area (Å²) < 4.78 is 5.25. The Kier molecular flexibility index (Phi) is 5.72. The van der Waals surface area contributed by atoms with Crippen molar-refractivity contribution in [2.45, 2.75) is 25.9 Å². The maximum absolute atomic E-state index is 12.4. The van der Waals surface area contributed by atoms with Crippen molar-refractivity contribution in [2.24, 2.45) is 4.99 Å². The number of hydrogen-bond donors (Lipinski definition) is 2. The van der Waals surface area contributed by atoms with Gasteiger partial charge in [0.25, 0.3) is 0 Å². The van der Waals surface area contributed by atoms with Crippen LogP contribution in [0, 0.1) is 6.92 Å². The van der Waals surface area contributed by atoms with Crippen molar-refractivity contribution in [3.63, 3.8) is 0 Å². The van der Waals surface area contributed by atoms with E-state index in [2.05, 4.69) is 20.6 Å². The van der Waals surface area contributed by atoms with E-state index in [0.29, 0.717) is 25.5 Å². The zero-order valence-electron chi connectivity index (χ0n) is 15.2. The van der Waals surface area contributed by atoms with Crippen molar-refractivity contribution < 1.29 is 9.53 Å². The maximum atomic E-state index is 12.4. The minimum Gasteiger partial charge on any atom is -0.497 e. The first-order valence-electron chi connectivity index (χ1n) is 8.41. The predicted octanol–water partition coefficient (Wildman–Crippen LogP) is 1.93. The molecule has 1 atom stereocenters. The van der Waals surface area contributed by atoms with E-state index in [0.717, 1.165) is 22.1 Å². The molecule has 26 heavy (non-hydrogen) atoms. The van der Waals surface area contributed by atoms with E-state index in [4.69, 9.17) is 4.74 Å². The van der Waals surface area contributed by atoms with Gasteiger partial charge in [-0.05, 0) is 19.1 Å². The van der Waals surface area contributed by atoms with Crippen LogP contribution in [-0.2, 0) is 11.3 Å². The number of nitrogens with zero attached hydrogens (tertiary/aromatic N) is 3. The van der Waals surface area contributed by atoms with Gasteiger partial charge < -0.3 is 20.3 Å². The molecule has 7 nitrogen and oxygen atoms in total. The Labute approximate surface area is 157 Å². The van der Waals surface area contributed by atoms with E-state index in [1.807, 2.05) is 36.6 Å². The van der Waals surface area contributed by atoms with E-state index in [9.17, 15) is 4.79 Å². The summed E-state index contributed by atoms with van der Waals surface area (Å²) in [5, 5.41) is 9.60. The fraction of sp³-hybridized carbons (Fsp3) is 0.389. The molecular weight excluding hydrogens is 350 g/mol. The van der Waals surface area contributed by atoms with Crippen LogP contribution in [0.5, 0.6) is 5.75 Å². The summed E-state index contributed by atoms with van der Waals surface area (Å²) in [6.45, 7) is 3.17. The van der Waals surface area contributed by atoms with E-state index in [1.165, 1.54) is 0 Å². The number of carbonyl (C=O) groups is 1. The molecule has 138 valence electrons. The number of guanidine groups is 1. The van der Waals surface area contributed by atoms with Gasteiger partial charge in [-0.1, -0.05) is 6.07 Å². The van der Waals surface area contributed by atoms with E-state index < -0.39 is 0 Å². The molecule has 3 rings (SSSR count). The van der Waals surface area contributed by atoms with Gasteiger partial charge >= 0.3 is 0 Å². The van der Waals surface area contributed by atoms with Crippen LogP contribution in [0.1, 0.15) is 17.1 Å². The predicted molar refractivity (Wildman–Crippen MR) is 104 cm³/mol. The van der Waals surface area contributed by atoms with Crippen LogP contribution in [-0.4, -0.2) is 43.6 Å². The van der Waals surface area contributed by atoms with E-state index in [-0.39, 0.29) is 11.9 Å². The number of ether oxygens (including phenoxy) is 1. The van der Waals surface area contributed by atoms with Crippen molar-refractivity contribution >= 4 is 28.9 Å². The summed E-state index contributed by atoms with van der Waals surface area (Å²) in [6.07, 6.45) is 0.425. The number of aromatic nitrogens is 1. The Balaban J connectivity index is 1.58. The Morgan fingerprint density at radius 1 is 1.50 bits per heavy atom. The molecule has 2 N–H and O–H groups in total. The number of thiazole rings is 1. The second-order valence-corrected chi connectivity index (χ2v) is 7.00. The quantitative estimate of drug-likeness (QED) is 0.618. The first kappa shape index (κ1) is 18.2. The highest BCUT2D eigenvalue weighted by atomic mass is 32.1. The number of methoxy groups -OCH3 is 1. The molecular formula is C18H23N5O2S. The van der Waals surface area contributed by atoms with Gasteiger partial charge in [-0.15, -0.1) is 11.3 Å². The summed E-state index contributed by atoms with van der Waals surface area (Å²) >= 11 is 1.62. The lowest BCUT2D eigenvalue weighted by atomic mass is 10.2. The highest BCUT2D eigenvalue weighted by Crippen LogP contribution is 2.25. The highest BCUT2D eigenvalue weighted by molar-refractivity contribution is 7.09. The van der Waals surface area contributed by atoms with E-state index in [1.54, 1.807) is 30.4 Å². The van der Waals surface area contributed by atoms with Crippen LogP contribution < -0.4 is 20.3 Å². The fourth-order valence-electron chi connectivity index (χ4n) is 2.86. The van der Waals surface area contributed by atoms with Gasteiger partial charge in [-0.3, -0.25) is 9.79 Å². The second-order valence-electron chi connectivity index (χ2n) is 6.06. The van der Waals surface area contributed by atoms with Gasteiger partial charge in [0.1, 0.15) is 10.8 Å². The second kappa shape index (κ2) is 8.18. The SMILES string of the molecule is CN=C(NCc1nc(C)cs1)NC1CC(=O)N(c2cccc(OC)c2)C1. The first-order chi connectivity index (χ1) is 12.6. The molecule has 1 unspecified atom stereocenters. The molecule has 1 fully saturated rings. The Morgan fingerprint density at radius 2 is 2.35 bits per heavy atom. The van der Waals surface area contributed by atoms with Crippen LogP contribution >= 0.6 is 11.3 Å². The molecule has 1 aromatic carbocycles. The molecule has 1 amide bonds. The molecule has 0 aliphatic carbocycles. The van der Waals surface area contributed by atoms with Crippen LogP contribution in [0.4, 0.5) is 5.69 Å². The molecule has 1 saturated heterocycles. The normalized spacial score (nSPS) is 17.5. The van der Waals surface area contributed by atoms with Gasteiger partial charge in [0.2, 0.25) is 5.91 Å². The highest BCUT2D eigenvalue weighted by Gasteiger charge is 2.31. The van der Waals surface area contributed by atoms with Crippen molar-refractivity contribution in [1.29, 1.82) is 0 Å². The number of carbonyl (C=O) groups excluding carboxylic acids is 1. The third-order valence-corrected chi connectivity index (χ3v) is 5.09.